The van der Waals surface area contributed by atoms with Crippen molar-refractivity contribution < 1.29 is 4.79 Å². The Morgan fingerprint density at radius 1 is 1.43 bits per heavy atom. The van der Waals surface area contributed by atoms with Crippen LogP contribution in [-0.4, -0.2) is 15.9 Å². The van der Waals surface area contributed by atoms with Gasteiger partial charge in [0.1, 0.15) is 4.88 Å². The molecule has 0 aliphatic rings. The predicted molar refractivity (Wildman–Crippen MR) is 92.2 cm³/mol. The van der Waals surface area contributed by atoms with Crippen LogP contribution in [0.2, 0.25) is 5.02 Å². The number of hydrogen-bond acceptors (Lipinski definition) is 5. The highest BCUT2D eigenvalue weighted by Gasteiger charge is 2.14. The molecule has 0 saturated heterocycles. The first-order chi connectivity index (χ1) is 10.9. The van der Waals surface area contributed by atoms with E-state index in [1.807, 2.05) is 6.92 Å². The minimum Gasteiger partial charge on any atom is -0.365 e. The van der Waals surface area contributed by atoms with Crippen molar-refractivity contribution in [2.75, 3.05) is 5.32 Å². The largest absolute Gasteiger partial charge is 0.365 e. The Morgan fingerprint density at radius 2 is 2.22 bits per heavy atom. The molecule has 0 bridgehead atoms. The molecule has 1 amide bonds. The number of fused-ring (bicyclic) bond motifs is 1. The standard InChI is InChI=1S/C15H13ClN4O2S/c1-7(19-15-18-6-12(23-15)13(17)21)10-5-8-4-9(16)2-3-11(8)20-14(10)22/h2-7H,1H3,(H2,17,21)(H,18,19)(H,20,22). The van der Waals surface area contributed by atoms with Crippen molar-refractivity contribution >= 4 is 44.9 Å². The van der Waals surface area contributed by atoms with Crippen molar-refractivity contribution in [1.82, 2.24) is 9.97 Å². The molecule has 2 aromatic heterocycles. The van der Waals surface area contributed by atoms with Gasteiger partial charge in [0, 0.05) is 21.5 Å². The number of hydrogen-bond donors (Lipinski definition) is 3. The van der Waals surface area contributed by atoms with Crippen molar-refractivity contribution in [2.45, 2.75) is 13.0 Å². The van der Waals surface area contributed by atoms with Crippen molar-refractivity contribution in [3.05, 3.63) is 56.3 Å². The van der Waals surface area contributed by atoms with Crippen molar-refractivity contribution in [3.8, 4) is 0 Å². The minimum atomic E-state index is -0.526. The summed E-state index contributed by atoms with van der Waals surface area (Å²) in [4.78, 5) is 30.6. The maximum absolute atomic E-state index is 12.2. The second-order valence-corrected chi connectivity index (χ2v) is 6.51. The van der Waals surface area contributed by atoms with Crippen LogP contribution in [0.3, 0.4) is 0 Å². The van der Waals surface area contributed by atoms with Crippen LogP contribution < -0.4 is 16.6 Å². The van der Waals surface area contributed by atoms with Crippen LogP contribution in [0.25, 0.3) is 10.9 Å². The highest BCUT2D eigenvalue weighted by Crippen LogP contribution is 2.24. The Kier molecular flexibility index (Phi) is 4.06. The molecule has 6 nitrogen and oxygen atoms in total. The van der Waals surface area contributed by atoms with E-state index in [2.05, 4.69) is 15.3 Å². The summed E-state index contributed by atoms with van der Waals surface area (Å²) >= 11 is 7.14. The van der Waals surface area contributed by atoms with Crippen molar-refractivity contribution in [1.29, 1.82) is 0 Å². The molecular weight excluding hydrogens is 336 g/mol. The summed E-state index contributed by atoms with van der Waals surface area (Å²) in [7, 11) is 0. The van der Waals surface area contributed by atoms with E-state index in [4.69, 9.17) is 17.3 Å². The van der Waals surface area contributed by atoms with Crippen LogP contribution in [0, 0.1) is 0 Å². The average molecular weight is 349 g/mol. The lowest BCUT2D eigenvalue weighted by molar-refractivity contribution is 0.100. The van der Waals surface area contributed by atoms with Gasteiger partial charge in [0.2, 0.25) is 0 Å². The van der Waals surface area contributed by atoms with Gasteiger partial charge in [0.25, 0.3) is 11.5 Å². The summed E-state index contributed by atoms with van der Waals surface area (Å²) in [5.74, 6) is -0.526. The van der Waals surface area contributed by atoms with E-state index in [1.165, 1.54) is 6.20 Å². The molecule has 3 aromatic rings. The fourth-order valence-corrected chi connectivity index (χ4v) is 3.17. The van der Waals surface area contributed by atoms with Crippen molar-refractivity contribution in [3.63, 3.8) is 0 Å². The lowest BCUT2D eigenvalue weighted by atomic mass is 10.1. The van der Waals surface area contributed by atoms with E-state index in [0.717, 1.165) is 22.2 Å². The quantitative estimate of drug-likeness (QED) is 0.674. The van der Waals surface area contributed by atoms with E-state index in [9.17, 15) is 9.59 Å². The highest BCUT2D eigenvalue weighted by molar-refractivity contribution is 7.17. The molecule has 1 atom stereocenters. The molecule has 0 aliphatic heterocycles. The Hall–Kier alpha value is -2.38. The zero-order valence-electron chi connectivity index (χ0n) is 12.1. The van der Waals surface area contributed by atoms with Gasteiger partial charge < -0.3 is 16.0 Å². The minimum absolute atomic E-state index is 0.188. The van der Waals surface area contributed by atoms with Gasteiger partial charge in [-0.05, 0) is 31.2 Å². The number of nitrogens with one attached hydrogen (secondary N) is 2. The Bertz CT molecular complexity index is 950. The number of nitrogens with two attached hydrogens (primary N) is 1. The fourth-order valence-electron chi connectivity index (χ4n) is 2.23. The van der Waals surface area contributed by atoms with Gasteiger partial charge >= 0.3 is 0 Å². The smallest absolute Gasteiger partial charge is 0.260 e. The summed E-state index contributed by atoms with van der Waals surface area (Å²) in [6.07, 6.45) is 1.41. The molecule has 4 N–H and O–H groups in total. The predicted octanol–water partition coefficient (Wildman–Crippen LogP) is 2.91. The topological polar surface area (TPSA) is 101 Å². The first kappa shape index (κ1) is 15.5. The number of rotatable bonds is 4. The number of pyridine rings is 1. The van der Waals surface area contributed by atoms with E-state index in [-0.39, 0.29) is 11.6 Å². The molecule has 2 heterocycles. The maximum Gasteiger partial charge on any atom is 0.260 e. The number of aromatic amines is 1. The SMILES string of the molecule is CC(Nc1ncc(C(N)=O)s1)c1cc2cc(Cl)ccc2[nH]c1=O. The third kappa shape index (κ3) is 3.20. The summed E-state index contributed by atoms with van der Waals surface area (Å²) in [5.41, 5.74) is 6.29. The van der Waals surface area contributed by atoms with Gasteiger partial charge in [-0.25, -0.2) is 4.98 Å². The number of thiazole rings is 1. The third-order valence-corrected chi connectivity index (χ3v) is 4.57. The zero-order chi connectivity index (χ0) is 16.6. The summed E-state index contributed by atoms with van der Waals surface area (Å²) < 4.78 is 0. The van der Waals surface area contributed by atoms with E-state index in [0.29, 0.717) is 20.6 Å². The summed E-state index contributed by atoms with van der Waals surface area (Å²) in [5, 5.41) is 5.07. The zero-order valence-corrected chi connectivity index (χ0v) is 13.7. The number of aromatic nitrogens is 2. The van der Waals surface area contributed by atoms with Gasteiger partial charge in [-0.15, -0.1) is 0 Å². The first-order valence-electron chi connectivity index (χ1n) is 6.78. The average Bonchev–Trinajstić information content (AvgIpc) is 2.95. The second-order valence-electron chi connectivity index (χ2n) is 5.05. The molecule has 8 heteroatoms. The molecule has 0 aliphatic carbocycles. The van der Waals surface area contributed by atoms with Crippen LogP contribution in [0.15, 0.2) is 35.3 Å². The number of anilines is 1. The second kappa shape index (κ2) is 6.02. The Balaban J connectivity index is 1.93. The first-order valence-corrected chi connectivity index (χ1v) is 7.98. The van der Waals surface area contributed by atoms with E-state index >= 15 is 0 Å². The third-order valence-electron chi connectivity index (χ3n) is 3.39. The molecule has 1 aromatic carbocycles. The van der Waals surface area contributed by atoms with E-state index < -0.39 is 5.91 Å². The Morgan fingerprint density at radius 3 is 2.91 bits per heavy atom. The molecule has 3 rings (SSSR count). The highest BCUT2D eigenvalue weighted by atomic mass is 35.5. The molecule has 118 valence electrons. The summed E-state index contributed by atoms with van der Waals surface area (Å²) in [6, 6.07) is 6.77. The molecule has 23 heavy (non-hydrogen) atoms. The summed E-state index contributed by atoms with van der Waals surface area (Å²) in [6.45, 7) is 1.84. The number of halogens is 1. The van der Waals surface area contributed by atoms with Crippen LogP contribution in [0.5, 0.6) is 0 Å². The Labute approximate surface area is 140 Å². The van der Waals surface area contributed by atoms with Crippen molar-refractivity contribution in [2.24, 2.45) is 5.73 Å². The lowest BCUT2D eigenvalue weighted by Gasteiger charge is -2.13. The molecule has 0 radical (unpaired) electrons. The van der Waals surface area contributed by atoms with Gasteiger partial charge in [0.15, 0.2) is 5.13 Å². The normalized spacial score (nSPS) is 12.3. The number of carbonyl (C=O) groups is 1. The van der Waals surface area contributed by atoms with Gasteiger partial charge in [-0.2, -0.15) is 0 Å². The van der Waals surface area contributed by atoms with E-state index in [1.54, 1.807) is 24.3 Å². The van der Waals surface area contributed by atoms with Crippen LogP contribution in [0.1, 0.15) is 28.2 Å². The monoisotopic (exact) mass is 348 g/mol. The molecule has 0 saturated carbocycles. The van der Waals surface area contributed by atoms with Gasteiger partial charge in [-0.3, -0.25) is 9.59 Å². The number of benzene rings is 1. The van der Waals surface area contributed by atoms with Crippen LogP contribution >= 0.6 is 22.9 Å². The van der Waals surface area contributed by atoms with Gasteiger partial charge in [-0.1, -0.05) is 22.9 Å². The maximum atomic E-state index is 12.2. The molecule has 0 spiro atoms. The molecular formula is C15H13ClN4O2S. The lowest BCUT2D eigenvalue weighted by Crippen LogP contribution is -2.19. The van der Waals surface area contributed by atoms with Gasteiger partial charge in [0.05, 0.1) is 12.2 Å². The fraction of sp³-hybridized carbons (Fsp3) is 0.133. The number of carbonyl (C=O) groups excluding carboxylic acids is 1. The number of nitrogens with zero attached hydrogens (tertiary/aromatic N) is 1. The number of H-pyrrole nitrogens is 1. The number of primary amides is 1. The van der Waals surface area contributed by atoms with Crippen LogP contribution in [-0.2, 0) is 0 Å². The number of amides is 1. The molecule has 0 fully saturated rings. The van der Waals surface area contributed by atoms with Crippen LogP contribution in [0.4, 0.5) is 5.13 Å². The molecule has 1 unspecified atom stereocenters.